The van der Waals surface area contributed by atoms with Crippen molar-refractivity contribution in [3.05, 3.63) is 36.4 Å². The third-order valence-corrected chi connectivity index (χ3v) is 2.90. The van der Waals surface area contributed by atoms with E-state index in [2.05, 4.69) is 12.1 Å². The summed E-state index contributed by atoms with van der Waals surface area (Å²) in [6.45, 7) is 0.588. The molecule has 0 aromatic heterocycles. The van der Waals surface area contributed by atoms with E-state index in [4.69, 9.17) is 5.11 Å². The second-order valence-electron chi connectivity index (χ2n) is 3.32. The topological polar surface area (TPSA) is 40.5 Å². The van der Waals surface area contributed by atoms with Crippen molar-refractivity contribution in [3.63, 3.8) is 0 Å². The number of carboxylic acid groups (broad SMARTS) is 1. The first-order chi connectivity index (χ1) is 7.63. The van der Waals surface area contributed by atoms with Crippen molar-refractivity contribution in [1.29, 1.82) is 0 Å². The van der Waals surface area contributed by atoms with Gasteiger partial charge in [-0.1, -0.05) is 6.08 Å². The van der Waals surface area contributed by atoms with Gasteiger partial charge in [-0.2, -0.15) is 0 Å². The lowest BCUT2D eigenvalue weighted by Crippen LogP contribution is -2.16. The molecule has 4 heteroatoms. The first kappa shape index (κ1) is 12.6. The molecule has 0 unspecified atom stereocenters. The summed E-state index contributed by atoms with van der Waals surface area (Å²) in [6, 6.07) is 8.16. The number of carboxylic acids is 1. The molecule has 0 atom stereocenters. The van der Waals surface area contributed by atoms with E-state index in [1.807, 2.05) is 30.3 Å². The summed E-state index contributed by atoms with van der Waals surface area (Å²) in [5.74, 6) is -0.911. The van der Waals surface area contributed by atoms with Crippen molar-refractivity contribution in [1.82, 2.24) is 0 Å². The number of hydrogen-bond acceptors (Lipinski definition) is 3. The molecule has 0 radical (unpaired) electrons. The van der Waals surface area contributed by atoms with Gasteiger partial charge >= 0.3 is 5.97 Å². The number of hydrogen-bond donors (Lipinski definition) is 1. The average Bonchev–Trinajstić information content (AvgIpc) is 2.28. The van der Waals surface area contributed by atoms with E-state index in [1.54, 1.807) is 17.8 Å². The Kier molecular flexibility index (Phi) is 4.92. The van der Waals surface area contributed by atoms with Crippen LogP contribution in [-0.4, -0.2) is 30.9 Å². The fourth-order valence-corrected chi connectivity index (χ4v) is 1.66. The number of rotatable bonds is 5. The highest BCUT2D eigenvalue weighted by atomic mass is 32.2. The van der Waals surface area contributed by atoms with Crippen molar-refractivity contribution in [2.45, 2.75) is 4.90 Å². The van der Waals surface area contributed by atoms with Crippen molar-refractivity contribution >= 4 is 23.4 Å². The Hall–Kier alpha value is -1.42. The minimum absolute atomic E-state index is 0.588. The molecule has 16 heavy (non-hydrogen) atoms. The monoisotopic (exact) mass is 237 g/mol. The van der Waals surface area contributed by atoms with Crippen molar-refractivity contribution in [2.24, 2.45) is 0 Å². The molecule has 0 saturated heterocycles. The molecule has 0 bridgehead atoms. The molecular formula is C12H15NO2S. The van der Waals surface area contributed by atoms with Crippen LogP contribution in [0.3, 0.4) is 0 Å². The van der Waals surface area contributed by atoms with E-state index in [0.717, 1.165) is 11.8 Å². The molecule has 1 rings (SSSR count). The summed E-state index contributed by atoms with van der Waals surface area (Å²) in [6.07, 6.45) is 4.83. The van der Waals surface area contributed by atoms with Gasteiger partial charge < -0.3 is 10.0 Å². The maximum absolute atomic E-state index is 10.3. The lowest BCUT2D eigenvalue weighted by Gasteiger charge is -2.17. The zero-order chi connectivity index (χ0) is 12.0. The van der Waals surface area contributed by atoms with Gasteiger partial charge in [0.15, 0.2) is 0 Å². The molecule has 1 aromatic carbocycles. The minimum Gasteiger partial charge on any atom is -0.478 e. The molecule has 0 fully saturated rings. The van der Waals surface area contributed by atoms with Crippen LogP contribution < -0.4 is 4.90 Å². The minimum atomic E-state index is -0.911. The summed E-state index contributed by atoms with van der Waals surface area (Å²) < 4.78 is 0. The average molecular weight is 237 g/mol. The van der Waals surface area contributed by atoms with Crippen LogP contribution in [0.15, 0.2) is 41.3 Å². The summed E-state index contributed by atoms with van der Waals surface area (Å²) in [4.78, 5) is 13.5. The van der Waals surface area contributed by atoms with Gasteiger partial charge in [-0.25, -0.2) is 4.79 Å². The fraction of sp³-hybridized carbons (Fsp3) is 0.250. The first-order valence-corrected chi connectivity index (χ1v) is 6.10. The summed E-state index contributed by atoms with van der Waals surface area (Å²) in [5.41, 5.74) is 1.08. The Balaban J connectivity index is 2.58. The summed E-state index contributed by atoms with van der Waals surface area (Å²) in [5, 5.41) is 8.46. The predicted molar refractivity (Wildman–Crippen MR) is 68.3 cm³/mol. The molecule has 0 aliphatic rings. The van der Waals surface area contributed by atoms with Crippen LogP contribution in [0.1, 0.15) is 0 Å². The number of likely N-dealkylation sites (N-methyl/N-ethyl adjacent to an activating group) is 1. The van der Waals surface area contributed by atoms with E-state index in [-0.39, 0.29) is 0 Å². The molecule has 3 nitrogen and oxygen atoms in total. The number of carbonyl (C=O) groups is 1. The van der Waals surface area contributed by atoms with Crippen LogP contribution in [0.25, 0.3) is 0 Å². The fourth-order valence-electron chi connectivity index (χ4n) is 1.25. The van der Waals surface area contributed by atoms with E-state index >= 15 is 0 Å². The first-order valence-electron chi connectivity index (χ1n) is 4.88. The van der Waals surface area contributed by atoms with Crippen molar-refractivity contribution in [3.8, 4) is 0 Å². The summed E-state index contributed by atoms with van der Waals surface area (Å²) >= 11 is 1.70. The van der Waals surface area contributed by atoms with Gasteiger partial charge in [0.25, 0.3) is 0 Å². The highest BCUT2D eigenvalue weighted by molar-refractivity contribution is 7.98. The largest absolute Gasteiger partial charge is 0.478 e. The van der Waals surface area contributed by atoms with Gasteiger partial charge in [0.2, 0.25) is 0 Å². The molecule has 1 aromatic rings. The van der Waals surface area contributed by atoms with Crippen molar-refractivity contribution < 1.29 is 9.90 Å². The van der Waals surface area contributed by atoms with Gasteiger partial charge in [-0.15, -0.1) is 11.8 Å². The normalized spacial score (nSPS) is 10.6. The maximum Gasteiger partial charge on any atom is 0.328 e. The van der Waals surface area contributed by atoms with Gasteiger partial charge in [0.05, 0.1) is 0 Å². The smallest absolute Gasteiger partial charge is 0.328 e. The number of aliphatic carboxylic acids is 1. The van der Waals surface area contributed by atoms with Crippen LogP contribution in [0.4, 0.5) is 5.69 Å². The third kappa shape index (κ3) is 3.98. The highest BCUT2D eigenvalue weighted by Gasteiger charge is 1.98. The second-order valence-corrected chi connectivity index (χ2v) is 4.20. The Morgan fingerprint density at radius 3 is 2.56 bits per heavy atom. The zero-order valence-corrected chi connectivity index (χ0v) is 10.2. The van der Waals surface area contributed by atoms with Gasteiger partial charge in [0, 0.05) is 30.3 Å². The Bertz CT molecular complexity index is 373. The van der Waals surface area contributed by atoms with Crippen LogP contribution in [0.2, 0.25) is 0 Å². The summed E-state index contributed by atoms with van der Waals surface area (Å²) in [7, 11) is 1.93. The quantitative estimate of drug-likeness (QED) is 0.631. The third-order valence-electron chi connectivity index (χ3n) is 2.15. The van der Waals surface area contributed by atoms with E-state index in [9.17, 15) is 4.79 Å². The van der Waals surface area contributed by atoms with Crippen LogP contribution >= 0.6 is 11.8 Å². The van der Waals surface area contributed by atoms with E-state index < -0.39 is 5.97 Å². The molecule has 0 spiro atoms. The van der Waals surface area contributed by atoms with Crippen LogP contribution in [-0.2, 0) is 4.79 Å². The molecule has 0 saturated carbocycles. The number of nitrogens with zero attached hydrogens (tertiary/aromatic N) is 1. The van der Waals surface area contributed by atoms with Crippen LogP contribution in [0, 0.1) is 0 Å². The second kappa shape index (κ2) is 6.23. The lowest BCUT2D eigenvalue weighted by molar-refractivity contribution is -0.131. The Morgan fingerprint density at radius 2 is 2.06 bits per heavy atom. The zero-order valence-electron chi connectivity index (χ0n) is 9.38. The molecule has 0 aliphatic heterocycles. The highest BCUT2D eigenvalue weighted by Crippen LogP contribution is 2.19. The number of anilines is 1. The van der Waals surface area contributed by atoms with Gasteiger partial charge in [0.1, 0.15) is 0 Å². The SMILES string of the molecule is CSc1ccc(N(C)C/C=C/C(=O)O)cc1. The van der Waals surface area contributed by atoms with E-state index in [0.29, 0.717) is 6.54 Å². The lowest BCUT2D eigenvalue weighted by atomic mass is 10.3. The molecule has 1 N–H and O–H groups in total. The maximum atomic E-state index is 10.3. The molecule has 0 amide bonds. The standard InChI is InChI=1S/C12H15NO2S/c1-13(9-3-4-12(14)15)10-5-7-11(16-2)8-6-10/h3-8H,9H2,1-2H3,(H,14,15)/b4-3+. The Labute approximate surface area is 99.8 Å². The molecule has 86 valence electrons. The van der Waals surface area contributed by atoms with Gasteiger partial charge in [-0.3, -0.25) is 0 Å². The number of benzene rings is 1. The van der Waals surface area contributed by atoms with Crippen molar-refractivity contribution in [2.75, 3.05) is 24.7 Å². The molecule has 0 aliphatic carbocycles. The molecular weight excluding hydrogens is 222 g/mol. The Morgan fingerprint density at radius 1 is 1.44 bits per heavy atom. The van der Waals surface area contributed by atoms with Gasteiger partial charge in [-0.05, 0) is 30.5 Å². The predicted octanol–water partition coefficient (Wildman–Crippen LogP) is 2.49. The van der Waals surface area contributed by atoms with E-state index in [1.165, 1.54) is 4.90 Å². The molecule has 0 heterocycles. The van der Waals surface area contributed by atoms with Crippen LogP contribution in [0.5, 0.6) is 0 Å². The number of thioether (sulfide) groups is 1.